The number of carbonyl (C=O) groups is 2. The van der Waals surface area contributed by atoms with Crippen LogP contribution in [-0.2, 0) is 9.53 Å². The van der Waals surface area contributed by atoms with Crippen molar-refractivity contribution in [3.05, 3.63) is 0 Å². The minimum absolute atomic E-state index is 0.242. The fourth-order valence-corrected chi connectivity index (χ4v) is 2.46. The van der Waals surface area contributed by atoms with Gasteiger partial charge in [-0.3, -0.25) is 0 Å². The number of carbonyl (C=O) groups excluding carboxylic acids is 2. The monoisotopic (exact) mass is 270 g/mol. The number of ether oxygens (including phenoxy) is 1. The predicted octanol–water partition coefficient (Wildman–Crippen LogP) is 2.21. The van der Waals surface area contributed by atoms with Crippen molar-refractivity contribution in [2.24, 2.45) is 5.92 Å². The van der Waals surface area contributed by atoms with Crippen LogP contribution in [0.15, 0.2) is 0 Å². The molecule has 1 atom stereocenters. The van der Waals surface area contributed by atoms with Gasteiger partial charge in [-0.25, -0.2) is 9.59 Å². The summed E-state index contributed by atoms with van der Waals surface area (Å²) < 4.78 is 4.72. The maximum absolute atomic E-state index is 11.9. The highest BCUT2D eigenvalue weighted by Gasteiger charge is 2.24. The Balaban J connectivity index is 2.43. The normalized spacial score (nSPS) is 17.9. The molecular weight excluding hydrogens is 244 g/mol. The molecule has 0 aromatic heterocycles. The van der Waals surface area contributed by atoms with Gasteiger partial charge in [-0.15, -0.1) is 0 Å². The Kier molecular flexibility index (Phi) is 6.67. The summed E-state index contributed by atoms with van der Waals surface area (Å²) in [6.45, 7) is 4.02. The largest absolute Gasteiger partial charge is 0.467 e. The summed E-state index contributed by atoms with van der Waals surface area (Å²) in [6.07, 6.45) is 6.22. The lowest BCUT2D eigenvalue weighted by Crippen LogP contribution is -2.50. The van der Waals surface area contributed by atoms with Gasteiger partial charge in [-0.05, 0) is 25.2 Å². The van der Waals surface area contributed by atoms with E-state index >= 15 is 0 Å². The molecule has 0 heterocycles. The molecular formula is C14H26N2O3. The van der Waals surface area contributed by atoms with Crippen molar-refractivity contribution in [2.75, 3.05) is 7.11 Å². The number of nitrogens with one attached hydrogen (secondary N) is 2. The molecule has 1 fully saturated rings. The predicted molar refractivity (Wildman–Crippen MR) is 73.8 cm³/mol. The van der Waals surface area contributed by atoms with Gasteiger partial charge in [-0.2, -0.15) is 0 Å². The first-order valence-electron chi connectivity index (χ1n) is 7.17. The molecule has 0 radical (unpaired) electrons. The number of methoxy groups -OCH3 is 1. The summed E-state index contributed by atoms with van der Waals surface area (Å²) in [5.74, 6) is -0.0634. The second-order valence-corrected chi connectivity index (χ2v) is 5.66. The molecule has 2 amide bonds. The van der Waals surface area contributed by atoms with Crippen molar-refractivity contribution in [1.82, 2.24) is 10.6 Å². The van der Waals surface area contributed by atoms with E-state index in [-0.39, 0.29) is 18.0 Å². The van der Waals surface area contributed by atoms with Gasteiger partial charge in [0.1, 0.15) is 6.04 Å². The molecule has 0 spiro atoms. The summed E-state index contributed by atoms with van der Waals surface area (Å²) in [5.41, 5.74) is 0. The van der Waals surface area contributed by atoms with Gasteiger partial charge >= 0.3 is 12.0 Å². The Hall–Kier alpha value is -1.26. The van der Waals surface area contributed by atoms with Crippen molar-refractivity contribution < 1.29 is 14.3 Å². The van der Waals surface area contributed by atoms with Gasteiger partial charge in [0.05, 0.1) is 7.11 Å². The first-order valence-corrected chi connectivity index (χ1v) is 7.17. The molecule has 0 aliphatic heterocycles. The smallest absolute Gasteiger partial charge is 0.328 e. The second-order valence-electron chi connectivity index (χ2n) is 5.66. The van der Waals surface area contributed by atoms with Crippen LogP contribution < -0.4 is 10.6 Å². The van der Waals surface area contributed by atoms with Crippen LogP contribution in [0.2, 0.25) is 0 Å². The number of rotatable bonds is 5. The third kappa shape index (κ3) is 5.94. The summed E-state index contributed by atoms with van der Waals surface area (Å²) >= 11 is 0. The zero-order valence-corrected chi connectivity index (χ0v) is 12.2. The first kappa shape index (κ1) is 15.8. The lowest BCUT2D eigenvalue weighted by molar-refractivity contribution is -0.143. The fourth-order valence-electron chi connectivity index (χ4n) is 2.46. The van der Waals surface area contributed by atoms with E-state index in [4.69, 9.17) is 4.74 Å². The second kappa shape index (κ2) is 8.02. The minimum atomic E-state index is -0.561. The summed E-state index contributed by atoms with van der Waals surface area (Å²) in [5, 5.41) is 5.67. The van der Waals surface area contributed by atoms with Gasteiger partial charge in [-0.1, -0.05) is 33.1 Å². The summed E-state index contributed by atoms with van der Waals surface area (Å²) in [4.78, 5) is 23.5. The highest BCUT2D eigenvalue weighted by atomic mass is 16.5. The standard InChI is InChI=1S/C14H26N2O3/c1-10(2)9-12(13(17)19-3)16-14(18)15-11-7-5-4-6-8-11/h10-12H,4-9H2,1-3H3,(H2,15,16,18)/t12-/m0/s1. The summed E-state index contributed by atoms with van der Waals surface area (Å²) in [7, 11) is 1.34. The lowest BCUT2D eigenvalue weighted by atomic mass is 9.96. The SMILES string of the molecule is COC(=O)[C@H](CC(C)C)NC(=O)NC1CCCCC1. The molecule has 5 heteroatoms. The van der Waals surface area contributed by atoms with Gasteiger partial charge in [0.15, 0.2) is 0 Å². The number of urea groups is 1. The van der Waals surface area contributed by atoms with Gasteiger partial charge < -0.3 is 15.4 Å². The van der Waals surface area contributed by atoms with Crippen molar-refractivity contribution in [3.8, 4) is 0 Å². The average molecular weight is 270 g/mol. The topological polar surface area (TPSA) is 67.4 Å². The maximum Gasteiger partial charge on any atom is 0.328 e. The number of esters is 1. The molecule has 5 nitrogen and oxygen atoms in total. The molecule has 19 heavy (non-hydrogen) atoms. The van der Waals surface area contributed by atoms with Crippen LogP contribution >= 0.6 is 0 Å². The Morgan fingerprint density at radius 2 is 1.84 bits per heavy atom. The van der Waals surface area contributed by atoms with Crippen LogP contribution in [0.5, 0.6) is 0 Å². The maximum atomic E-state index is 11.9. The molecule has 2 N–H and O–H groups in total. The van der Waals surface area contributed by atoms with Crippen LogP contribution in [0.1, 0.15) is 52.4 Å². The Bertz CT molecular complexity index is 299. The van der Waals surface area contributed by atoms with Crippen molar-refractivity contribution in [3.63, 3.8) is 0 Å². The first-order chi connectivity index (χ1) is 9.02. The molecule has 0 saturated heterocycles. The lowest BCUT2D eigenvalue weighted by Gasteiger charge is -2.25. The molecule has 0 bridgehead atoms. The Labute approximate surface area is 115 Å². The Morgan fingerprint density at radius 3 is 2.37 bits per heavy atom. The third-order valence-corrected chi connectivity index (χ3v) is 3.44. The molecule has 1 aliphatic rings. The van der Waals surface area contributed by atoms with Crippen LogP contribution in [-0.4, -0.2) is 31.2 Å². The van der Waals surface area contributed by atoms with Crippen LogP contribution in [0.3, 0.4) is 0 Å². The van der Waals surface area contributed by atoms with Crippen LogP contribution in [0, 0.1) is 5.92 Å². The summed E-state index contributed by atoms with van der Waals surface area (Å²) in [6, 6.07) is -0.581. The molecule has 1 rings (SSSR count). The highest BCUT2D eigenvalue weighted by molar-refractivity contribution is 5.83. The molecule has 0 aromatic rings. The highest BCUT2D eigenvalue weighted by Crippen LogP contribution is 2.17. The van der Waals surface area contributed by atoms with E-state index in [2.05, 4.69) is 10.6 Å². The van der Waals surface area contributed by atoms with Crippen molar-refractivity contribution in [2.45, 2.75) is 64.5 Å². The van der Waals surface area contributed by atoms with E-state index in [0.717, 1.165) is 25.7 Å². The zero-order chi connectivity index (χ0) is 14.3. The van der Waals surface area contributed by atoms with E-state index < -0.39 is 6.04 Å². The van der Waals surface area contributed by atoms with Gasteiger partial charge in [0.25, 0.3) is 0 Å². The third-order valence-electron chi connectivity index (χ3n) is 3.44. The van der Waals surface area contributed by atoms with Crippen LogP contribution in [0.25, 0.3) is 0 Å². The molecule has 0 aromatic carbocycles. The van der Waals surface area contributed by atoms with Crippen molar-refractivity contribution >= 4 is 12.0 Å². The van der Waals surface area contributed by atoms with E-state index in [1.165, 1.54) is 13.5 Å². The molecule has 0 unspecified atom stereocenters. The zero-order valence-electron chi connectivity index (χ0n) is 12.2. The Morgan fingerprint density at radius 1 is 1.21 bits per heavy atom. The van der Waals surface area contributed by atoms with E-state index in [1.807, 2.05) is 13.8 Å². The minimum Gasteiger partial charge on any atom is -0.467 e. The average Bonchev–Trinajstić information content (AvgIpc) is 2.37. The molecule has 110 valence electrons. The quantitative estimate of drug-likeness (QED) is 0.753. The van der Waals surface area contributed by atoms with E-state index in [0.29, 0.717) is 12.3 Å². The molecule has 1 saturated carbocycles. The number of hydrogen-bond donors (Lipinski definition) is 2. The molecule has 1 aliphatic carbocycles. The van der Waals surface area contributed by atoms with Gasteiger partial charge in [0, 0.05) is 6.04 Å². The number of amides is 2. The van der Waals surface area contributed by atoms with Crippen molar-refractivity contribution in [1.29, 1.82) is 0 Å². The van der Waals surface area contributed by atoms with E-state index in [1.54, 1.807) is 0 Å². The number of hydrogen-bond acceptors (Lipinski definition) is 3. The van der Waals surface area contributed by atoms with Gasteiger partial charge in [0.2, 0.25) is 0 Å². The van der Waals surface area contributed by atoms with E-state index in [9.17, 15) is 9.59 Å². The fraction of sp³-hybridized carbons (Fsp3) is 0.857. The van der Waals surface area contributed by atoms with Crippen LogP contribution in [0.4, 0.5) is 4.79 Å².